The average Bonchev–Trinajstić information content (AvgIpc) is 2.25. The van der Waals surface area contributed by atoms with E-state index in [4.69, 9.17) is 0 Å². The van der Waals surface area contributed by atoms with Gasteiger partial charge < -0.3 is 9.80 Å². The van der Waals surface area contributed by atoms with E-state index in [1.807, 2.05) is 33.1 Å². The van der Waals surface area contributed by atoms with Gasteiger partial charge in [-0.05, 0) is 0 Å². The van der Waals surface area contributed by atoms with Crippen molar-refractivity contribution in [3.05, 3.63) is 6.07 Å². The maximum absolute atomic E-state index is 10.8. The highest BCUT2D eigenvalue weighted by Gasteiger charge is 2.07. The lowest BCUT2D eigenvalue weighted by Crippen LogP contribution is -2.28. The van der Waals surface area contributed by atoms with Crippen molar-refractivity contribution in [1.29, 1.82) is 0 Å². The zero-order valence-electron chi connectivity index (χ0n) is 10.8. The Bertz CT molecular complexity index is 378. The zero-order chi connectivity index (χ0) is 13.0. The molecule has 0 aliphatic rings. The maximum atomic E-state index is 10.8. The number of nitrogens with one attached hydrogen (secondary N) is 2. The first-order valence-corrected chi connectivity index (χ1v) is 5.16. The Labute approximate surface area is 101 Å². The van der Waals surface area contributed by atoms with E-state index in [1.165, 1.54) is 6.92 Å². The van der Waals surface area contributed by atoms with Gasteiger partial charge in [-0.2, -0.15) is 9.97 Å². The first-order valence-electron chi connectivity index (χ1n) is 5.16. The van der Waals surface area contributed by atoms with Crippen molar-refractivity contribution in [3.8, 4) is 0 Å². The van der Waals surface area contributed by atoms with E-state index in [0.29, 0.717) is 11.8 Å². The summed E-state index contributed by atoms with van der Waals surface area (Å²) < 4.78 is 0. The van der Waals surface area contributed by atoms with Crippen LogP contribution in [0.1, 0.15) is 6.92 Å². The fourth-order valence-corrected chi connectivity index (χ4v) is 1.07. The molecule has 0 atom stereocenters. The van der Waals surface area contributed by atoms with Gasteiger partial charge in [0.2, 0.25) is 11.9 Å². The van der Waals surface area contributed by atoms with Crippen LogP contribution in [0.4, 0.5) is 17.6 Å². The van der Waals surface area contributed by atoms with Gasteiger partial charge in [0, 0.05) is 41.2 Å². The van der Waals surface area contributed by atoms with Gasteiger partial charge in [-0.1, -0.05) is 0 Å². The SMILES string of the molecule is CC(=O)NNc1cc(N(C)C)nc(N(C)C)n1. The number of hydrogen-bond acceptors (Lipinski definition) is 6. The Hall–Kier alpha value is -2.05. The van der Waals surface area contributed by atoms with Crippen LogP contribution >= 0.6 is 0 Å². The summed E-state index contributed by atoms with van der Waals surface area (Å²) in [4.78, 5) is 23.1. The monoisotopic (exact) mass is 238 g/mol. The quantitative estimate of drug-likeness (QED) is 0.723. The van der Waals surface area contributed by atoms with Crippen molar-refractivity contribution in [2.45, 2.75) is 6.92 Å². The van der Waals surface area contributed by atoms with Crippen molar-refractivity contribution >= 4 is 23.5 Å². The molecule has 0 fully saturated rings. The molecule has 0 radical (unpaired) electrons. The van der Waals surface area contributed by atoms with Crippen LogP contribution in [0.15, 0.2) is 6.07 Å². The summed E-state index contributed by atoms with van der Waals surface area (Å²) in [5, 5.41) is 0. The molecule has 0 aliphatic carbocycles. The van der Waals surface area contributed by atoms with Gasteiger partial charge >= 0.3 is 0 Å². The number of amides is 1. The molecule has 2 N–H and O–H groups in total. The van der Waals surface area contributed by atoms with Gasteiger partial charge in [0.1, 0.15) is 5.82 Å². The highest BCUT2D eigenvalue weighted by atomic mass is 16.2. The van der Waals surface area contributed by atoms with Crippen molar-refractivity contribution < 1.29 is 4.79 Å². The van der Waals surface area contributed by atoms with E-state index >= 15 is 0 Å². The third-order valence-electron chi connectivity index (χ3n) is 1.93. The number of nitrogens with zero attached hydrogens (tertiary/aromatic N) is 4. The summed E-state index contributed by atoms with van der Waals surface area (Å²) in [7, 11) is 7.50. The minimum absolute atomic E-state index is 0.179. The Morgan fingerprint density at radius 2 is 1.82 bits per heavy atom. The highest BCUT2D eigenvalue weighted by Crippen LogP contribution is 2.16. The van der Waals surface area contributed by atoms with Crippen LogP contribution in [0.2, 0.25) is 0 Å². The van der Waals surface area contributed by atoms with Gasteiger partial charge in [0.05, 0.1) is 0 Å². The molecule has 0 aliphatic heterocycles. The van der Waals surface area contributed by atoms with E-state index < -0.39 is 0 Å². The average molecular weight is 238 g/mol. The predicted octanol–water partition coefficient (Wildman–Crippen LogP) is 0.0716. The summed E-state index contributed by atoms with van der Waals surface area (Å²) in [6.07, 6.45) is 0. The lowest BCUT2D eigenvalue weighted by Gasteiger charge is -2.17. The summed E-state index contributed by atoms with van der Waals surface area (Å²) in [5.41, 5.74) is 5.21. The fourth-order valence-electron chi connectivity index (χ4n) is 1.07. The van der Waals surface area contributed by atoms with E-state index in [2.05, 4.69) is 20.8 Å². The van der Waals surface area contributed by atoms with Gasteiger partial charge in [-0.25, -0.2) is 0 Å². The molecule has 0 spiro atoms. The molecule has 94 valence electrons. The number of hydrogen-bond donors (Lipinski definition) is 2. The van der Waals surface area contributed by atoms with Crippen LogP contribution in [0.25, 0.3) is 0 Å². The molecule has 1 aromatic heterocycles. The summed E-state index contributed by atoms with van der Waals surface area (Å²) >= 11 is 0. The molecule has 1 amide bonds. The summed E-state index contributed by atoms with van der Waals surface area (Å²) in [5.74, 6) is 1.70. The molecule has 1 rings (SSSR count). The van der Waals surface area contributed by atoms with Crippen LogP contribution < -0.4 is 20.7 Å². The molecule has 0 aromatic carbocycles. The van der Waals surface area contributed by atoms with Gasteiger partial charge in [-0.15, -0.1) is 0 Å². The van der Waals surface area contributed by atoms with Crippen LogP contribution in [-0.4, -0.2) is 44.1 Å². The molecule has 1 aromatic rings. The molecule has 0 bridgehead atoms. The molecule has 1 heterocycles. The zero-order valence-corrected chi connectivity index (χ0v) is 10.8. The highest BCUT2D eigenvalue weighted by molar-refractivity contribution is 5.74. The first kappa shape index (κ1) is 13.0. The lowest BCUT2D eigenvalue weighted by atomic mass is 10.5. The number of aromatic nitrogens is 2. The lowest BCUT2D eigenvalue weighted by molar-refractivity contribution is -0.118. The van der Waals surface area contributed by atoms with Crippen molar-refractivity contribution in [2.24, 2.45) is 0 Å². The van der Waals surface area contributed by atoms with Crippen molar-refractivity contribution in [1.82, 2.24) is 15.4 Å². The van der Waals surface area contributed by atoms with Crippen LogP contribution in [0.5, 0.6) is 0 Å². The van der Waals surface area contributed by atoms with E-state index in [1.54, 1.807) is 11.0 Å². The Morgan fingerprint density at radius 3 is 2.29 bits per heavy atom. The fraction of sp³-hybridized carbons (Fsp3) is 0.500. The third-order valence-corrected chi connectivity index (χ3v) is 1.93. The largest absolute Gasteiger partial charge is 0.363 e. The molecule has 7 nitrogen and oxygen atoms in total. The smallest absolute Gasteiger partial charge is 0.235 e. The first-order chi connectivity index (χ1) is 7.90. The van der Waals surface area contributed by atoms with Gasteiger partial charge in [0.15, 0.2) is 5.82 Å². The normalized spacial score (nSPS) is 9.71. The molecule has 0 saturated carbocycles. The van der Waals surface area contributed by atoms with Gasteiger partial charge in [-0.3, -0.25) is 15.6 Å². The number of anilines is 3. The number of carbonyl (C=O) groups is 1. The minimum Gasteiger partial charge on any atom is -0.363 e. The number of rotatable bonds is 4. The van der Waals surface area contributed by atoms with Crippen LogP contribution in [-0.2, 0) is 4.79 Å². The summed E-state index contributed by atoms with van der Waals surface area (Å²) in [6, 6.07) is 1.75. The third kappa shape index (κ3) is 3.78. The molecule has 0 saturated heterocycles. The molecular weight excluding hydrogens is 220 g/mol. The van der Waals surface area contributed by atoms with E-state index in [9.17, 15) is 4.79 Å². The standard InChI is InChI=1S/C10H18N6O/c1-7(17)13-14-8-6-9(15(2)3)12-10(11-8)16(4)5/h6H,1-5H3,(H,13,17)(H,11,12,14). The second-order valence-corrected chi connectivity index (χ2v) is 4.01. The topological polar surface area (TPSA) is 73.4 Å². The molecule has 0 unspecified atom stereocenters. The summed E-state index contributed by atoms with van der Waals surface area (Å²) in [6.45, 7) is 1.42. The predicted molar refractivity (Wildman–Crippen MR) is 68.1 cm³/mol. The van der Waals surface area contributed by atoms with E-state index in [-0.39, 0.29) is 5.91 Å². The van der Waals surface area contributed by atoms with Crippen molar-refractivity contribution in [3.63, 3.8) is 0 Å². The van der Waals surface area contributed by atoms with Crippen molar-refractivity contribution in [2.75, 3.05) is 43.4 Å². The van der Waals surface area contributed by atoms with Crippen LogP contribution in [0, 0.1) is 0 Å². The maximum Gasteiger partial charge on any atom is 0.235 e. The second-order valence-electron chi connectivity index (χ2n) is 4.01. The Balaban J connectivity index is 2.99. The van der Waals surface area contributed by atoms with Crippen LogP contribution in [0.3, 0.4) is 0 Å². The Morgan fingerprint density at radius 1 is 1.18 bits per heavy atom. The number of hydrazine groups is 1. The molecule has 17 heavy (non-hydrogen) atoms. The second kappa shape index (κ2) is 5.33. The number of carbonyl (C=O) groups excluding carboxylic acids is 1. The Kier molecular flexibility index (Phi) is 4.08. The minimum atomic E-state index is -0.179. The molecule has 7 heteroatoms. The van der Waals surface area contributed by atoms with E-state index in [0.717, 1.165) is 5.82 Å². The molecular formula is C10H18N6O. The van der Waals surface area contributed by atoms with Gasteiger partial charge in [0.25, 0.3) is 0 Å².